The van der Waals surface area contributed by atoms with Crippen molar-refractivity contribution in [1.82, 2.24) is 4.98 Å². The van der Waals surface area contributed by atoms with E-state index >= 15 is 0 Å². The fourth-order valence-electron chi connectivity index (χ4n) is 2.34. The Hall–Kier alpha value is -1.35. The number of hydrogen-bond acceptors (Lipinski definition) is 3. The van der Waals surface area contributed by atoms with E-state index in [0.29, 0.717) is 5.92 Å². The Morgan fingerprint density at radius 1 is 1.35 bits per heavy atom. The molecule has 1 aliphatic carbocycles. The van der Waals surface area contributed by atoms with Gasteiger partial charge in [0.15, 0.2) is 5.13 Å². The standard InChI is InChI=1S/C14H16N2S/c1-4-16(3)14-15-12-11-8-6-5-7-10(11)9(2)13(12)17-14/h5-9H,4H2,1-3H3. The lowest BCUT2D eigenvalue weighted by atomic mass is 10.0. The Bertz CT molecular complexity index is 559. The zero-order valence-electron chi connectivity index (χ0n) is 10.4. The molecule has 3 rings (SSSR count). The van der Waals surface area contributed by atoms with Gasteiger partial charge in [-0.3, -0.25) is 0 Å². The molecule has 2 nitrogen and oxygen atoms in total. The topological polar surface area (TPSA) is 16.1 Å². The van der Waals surface area contributed by atoms with Crippen LogP contribution in [0.1, 0.15) is 30.2 Å². The lowest BCUT2D eigenvalue weighted by Crippen LogP contribution is -2.15. The number of nitrogens with zero attached hydrogens (tertiary/aromatic N) is 2. The predicted molar refractivity (Wildman–Crippen MR) is 74.0 cm³/mol. The molecule has 0 amide bonds. The second kappa shape index (κ2) is 3.84. The summed E-state index contributed by atoms with van der Waals surface area (Å²) in [6.45, 7) is 5.44. The van der Waals surface area contributed by atoms with Gasteiger partial charge in [0.05, 0.1) is 5.69 Å². The Morgan fingerprint density at radius 3 is 2.88 bits per heavy atom. The number of aromatic nitrogens is 1. The monoisotopic (exact) mass is 244 g/mol. The summed E-state index contributed by atoms with van der Waals surface area (Å²) < 4.78 is 0. The summed E-state index contributed by atoms with van der Waals surface area (Å²) in [6.07, 6.45) is 0. The zero-order valence-corrected chi connectivity index (χ0v) is 11.2. The van der Waals surface area contributed by atoms with Crippen LogP contribution < -0.4 is 4.90 Å². The number of benzene rings is 1. The van der Waals surface area contributed by atoms with Gasteiger partial charge >= 0.3 is 0 Å². The number of anilines is 1. The lowest BCUT2D eigenvalue weighted by molar-refractivity contribution is 0.959. The average molecular weight is 244 g/mol. The first-order valence-electron chi connectivity index (χ1n) is 6.03. The molecule has 0 aliphatic heterocycles. The van der Waals surface area contributed by atoms with Crippen LogP contribution in [0.25, 0.3) is 11.3 Å². The molecule has 1 unspecified atom stereocenters. The summed E-state index contributed by atoms with van der Waals surface area (Å²) in [5.41, 5.74) is 3.95. The van der Waals surface area contributed by atoms with E-state index in [1.807, 2.05) is 11.3 Å². The molecule has 1 aromatic heterocycles. The van der Waals surface area contributed by atoms with Crippen molar-refractivity contribution < 1.29 is 0 Å². The minimum absolute atomic E-state index is 0.498. The molecule has 1 heterocycles. The van der Waals surface area contributed by atoms with Crippen molar-refractivity contribution in [2.24, 2.45) is 0 Å². The van der Waals surface area contributed by atoms with Gasteiger partial charge in [0.2, 0.25) is 0 Å². The van der Waals surface area contributed by atoms with Crippen molar-refractivity contribution >= 4 is 16.5 Å². The summed E-state index contributed by atoms with van der Waals surface area (Å²) in [5, 5.41) is 1.14. The summed E-state index contributed by atoms with van der Waals surface area (Å²) in [5.74, 6) is 0.498. The fraction of sp³-hybridized carbons (Fsp3) is 0.357. The van der Waals surface area contributed by atoms with E-state index < -0.39 is 0 Å². The molecule has 0 saturated carbocycles. The molecule has 1 aliphatic rings. The van der Waals surface area contributed by atoms with Crippen LogP contribution >= 0.6 is 11.3 Å². The van der Waals surface area contributed by atoms with Crippen molar-refractivity contribution in [3.63, 3.8) is 0 Å². The molecule has 0 spiro atoms. The molecule has 88 valence electrons. The fourth-order valence-corrected chi connectivity index (χ4v) is 3.51. The Morgan fingerprint density at radius 2 is 2.12 bits per heavy atom. The quantitative estimate of drug-likeness (QED) is 0.800. The maximum Gasteiger partial charge on any atom is 0.185 e. The van der Waals surface area contributed by atoms with Crippen LogP contribution in [0.3, 0.4) is 0 Å². The molecule has 1 aromatic carbocycles. The smallest absolute Gasteiger partial charge is 0.185 e. The minimum atomic E-state index is 0.498. The first kappa shape index (κ1) is 10.8. The van der Waals surface area contributed by atoms with Gasteiger partial charge in [0.25, 0.3) is 0 Å². The van der Waals surface area contributed by atoms with Crippen molar-refractivity contribution in [3.8, 4) is 11.3 Å². The van der Waals surface area contributed by atoms with E-state index in [0.717, 1.165) is 11.7 Å². The Kier molecular flexibility index (Phi) is 2.44. The van der Waals surface area contributed by atoms with E-state index in [9.17, 15) is 0 Å². The van der Waals surface area contributed by atoms with Crippen LogP contribution in [0.2, 0.25) is 0 Å². The van der Waals surface area contributed by atoms with Crippen LogP contribution in [0, 0.1) is 0 Å². The number of hydrogen-bond donors (Lipinski definition) is 0. The van der Waals surface area contributed by atoms with Crippen LogP contribution in [0.5, 0.6) is 0 Å². The highest BCUT2D eigenvalue weighted by atomic mass is 32.1. The predicted octanol–water partition coefficient (Wildman–Crippen LogP) is 3.73. The first-order valence-corrected chi connectivity index (χ1v) is 6.85. The van der Waals surface area contributed by atoms with Crippen molar-refractivity contribution in [1.29, 1.82) is 0 Å². The number of fused-ring (bicyclic) bond motifs is 3. The highest BCUT2D eigenvalue weighted by molar-refractivity contribution is 7.16. The molecule has 0 N–H and O–H groups in total. The van der Waals surface area contributed by atoms with Gasteiger partial charge in [-0.25, -0.2) is 4.98 Å². The third-order valence-corrected chi connectivity index (χ3v) is 4.87. The molecular formula is C14H16N2S. The average Bonchev–Trinajstić information content (AvgIpc) is 2.90. The van der Waals surface area contributed by atoms with Gasteiger partial charge in [0.1, 0.15) is 0 Å². The normalized spacial score (nSPS) is 16.8. The largest absolute Gasteiger partial charge is 0.351 e. The van der Waals surface area contributed by atoms with Gasteiger partial charge in [0, 0.05) is 30.0 Å². The molecule has 0 bridgehead atoms. The van der Waals surface area contributed by atoms with Crippen molar-refractivity contribution in [3.05, 3.63) is 34.7 Å². The van der Waals surface area contributed by atoms with Gasteiger partial charge in [-0.1, -0.05) is 31.2 Å². The van der Waals surface area contributed by atoms with E-state index in [1.165, 1.54) is 21.7 Å². The second-order valence-electron chi connectivity index (χ2n) is 4.53. The summed E-state index contributed by atoms with van der Waals surface area (Å²) in [4.78, 5) is 8.42. The maximum absolute atomic E-state index is 4.80. The van der Waals surface area contributed by atoms with E-state index in [2.05, 4.69) is 50.1 Å². The van der Waals surface area contributed by atoms with Crippen LogP contribution in [0.4, 0.5) is 5.13 Å². The van der Waals surface area contributed by atoms with E-state index in [1.54, 1.807) is 0 Å². The molecule has 0 radical (unpaired) electrons. The third kappa shape index (κ3) is 1.49. The third-order valence-electron chi connectivity index (χ3n) is 3.52. The van der Waals surface area contributed by atoms with Crippen LogP contribution in [-0.4, -0.2) is 18.6 Å². The second-order valence-corrected chi connectivity index (χ2v) is 5.54. The minimum Gasteiger partial charge on any atom is -0.351 e. The van der Waals surface area contributed by atoms with Gasteiger partial charge in [-0.2, -0.15) is 0 Å². The number of rotatable bonds is 2. The summed E-state index contributed by atoms with van der Waals surface area (Å²) >= 11 is 1.83. The lowest BCUT2D eigenvalue weighted by Gasteiger charge is -2.12. The van der Waals surface area contributed by atoms with Crippen LogP contribution in [0.15, 0.2) is 24.3 Å². The van der Waals surface area contributed by atoms with Crippen molar-refractivity contribution in [2.75, 3.05) is 18.5 Å². The van der Waals surface area contributed by atoms with E-state index in [-0.39, 0.29) is 0 Å². The molecule has 17 heavy (non-hydrogen) atoms. The summed E-state index contributed by atoms with van der Waals surface area (Å²) in [7, 11) is 2.10. The highest BCUT2D eigenvalue weighted by Gasteiger charge is 2.29. The summed E-state index contributed by atoms with van der Waals surface area (Å²) in [6, 6.07) is 8.62. The molecular weight excluding hydrogens is 228 g/mol. The molecule has 1 atom stereocenters. The Labute approximate surface area is 106 Å². The van der Waals surface area contributed by atoms with E-state index in [4.69, 9.17) is 4.98 Å². The molecule has 0 saturated heterocycles. The SMILES string of the molecule is CCN(C)c1nc2c(s1)C(C)c1ccccc1-2. The first-order chi connectivity index (χ1) is 8.22. The Balaban J connectivity index is 2.13. The zero-order chi connectivity index (χ0) is 12.0. The molecule has 0 fully saturated rings. The molecule has 3 heteroatoms. The number of thiazole rings is 1. The van der Waals surface area contributed by atoms with Gasteiger partial charge in [-0.15, -0.1) is 11.3 Å². The van der Waals surface area contributed by atoms with Crippen molar-refractivity contribution in [2.45, 2.75) is 19.8 Å². The molecule has 2 aromatic rings. The van der Waals surface area contributed by atoms with Gasteiger partial charge < -0.3 is 4.90 Å². The van der Waals surface area contributed by atoms with Gasteiger partial charge in [-0.05, 0) is 12.5 Å². The maximum atomic E-state index is 4.80. The highest BCUT2D eigenvalue weighted by Crippen LogP contribution is 2.48. The van der Waals surface area contributed by atoms with Crippen LogP contribution in [-0.2, 0) is 0 Å².